The number of benzene rings is 1. The van der Waals surface area contributed by atoms with Crippen molar-refractivity contribution in [3.63, 3.8) is 0 Å². The first kappa shape index (κ1) is 22.2. The molecule has 7 nitrogen and oxygen atoms in total. The van der Waals surface area contributed by atoms with Gasteiger partial charge in [-0.3, -0.25) is 9.59 Å². The Hall–Kier alpha value is -2.96. The van der Waals surface area contributed by atoms with Crippen molar-refractivity contribution >= 4 is 17.6 Å². The van der Waals surface area contributed by atoms with Gasteiger partial charge in [0.1, 0.15) is 0 Å². The minimum Gasteiger partial charge on any atom is -0.352 e. The van der Waals surface area contributed by atoms with Crippen molar-refractivity contribution in [2.45, 2.75) is 33.1 Å². The fraction of sp³-hybridized carbons (Fsp3) is 0.520. The van der Waals surface area contributed by atoms with Gasteiger partial charge < -0.3 is 14.7 Å². The van der Waals surface area contributed by atoms with Gasteiger partial charge in [0.05, 0.1) is 12.2 Å². The van der Waals surface area contributed by atoms with Crippen LogP contribution in [0.15, 0.2) is 42.5 Å². The molecule has 0 spiro atoms. The molecule has 2 amide bonds. The quantitative estimate of drug-likeness (QED) is 0.637. The number of rotatable bonds is 8. The smallest absolute Gasteiger partial charge is 0.242 e. The number of amides is 2. The topological polar surface area (TPSA) is 69.6 Å². The highest BCUT2D eigenvalue weighted by atomic mass is 16.2. The van der Waals surface area contributed by atoms with Crippen molar-refractivity contribution < 1.29 is 9.59 Å². The maximum absolute atomic E-state index is 13.0. The van der Waals surface area contributed by atoms with E-state index in [4.69, 9.17) is 0 Å². The zero-order valence-corrected chi connectivity index (χ0v) is 19.1. The molecule has 0 radical (unpaired) electrons. The molecular weight excluding hydrogens is 402 g/mol. The Morgan fingerprint density at radius 3 is 2.34 bits per heavy atom. The highest BCUT2D eigenvalue weighted by Gasteiger charge is 2.35. The predicted octanol–water partition coefficient (Wildman–Crippen LogP) is 3.08. The zero-order chi connectivity index (χ0) is 22.5. The summed E-state index contributed by atoms with van der Waals surface area (Å²) in [6, 6.07) is 14.0. The molecule has 1 aliphatic carbocycles. The van der Waals surface area contributed by atoms with Crippen molar-refractivity contribution in [1.29, 1.82) is 0 Å². The van der Waals surface area contributed by atoms with Crippen LogP contribution in [0.2, 0.25) is 0 Å². The van der Waals surface area contributed by atoms with Gasteiger partial charge in [-0.15, -0.1) is 10.2 Å². The monoisotopic (exact) mass is 435 g/mol. The van der Waals surface area contributed by atoms with E-state index in [-0.39, 0.29) is 24.3 Å². The molecule has 1 aromatic heterocycles. The third-order valence-corrected chi connectivity index (χ3v) is 6.47. The van der Waals surface area contributed by atoms with Gasteiger partial charge >= 0.3 is 0 Å². The lowest BCUT2D eigenvalue weighted by molar-refractivity contribution is -0.142. The van der Waals surface area contributed by atoms with Crippen LogP contribution in [0.25, 0.3) is 11.3 Å². The van der Waals surface area contributed by atoms with Gasteiger partial charge in [0.15, 0.2) is 5.82 Å². The molecule has 4 rings (SSSR count). The van der Waals surface area contributed by atoms with E-state index in [0.29, 0.717) is 38.6 Å². The number of carbonyl (C=O) groups excluding carboxylic acids is 2. The summed E-state index contributed by atoms with van der Waals surface area (Å²) >= 11 is 0. The van der Waals surface area contributed by atoms with E-state index >= 15 is 0 Å². The molecule has 2 aliphatic rings. The van der Waals surface area contributed by atoms with Gasteiger partial charge in [0.25, 0.3) is 0 Å². The van der Waals surface area contributed by atoms with Crippen molar-refractivity contribution in [2.24, 2.45) is 11.8 Å². The average Bonchev–Trinajstić information content (AvgIpc) is 3.69. The Bertz CT molecular complexity index is 906. The van der Waals surface area contributed by atoms with Crippen LogP contribution in [0.3, 0.4) is 0 Å². The van der Waals surface area contributed by atoms with E-state index < -0.39 is 0 Å². The Labute approximate surface area is 190 Å². The molecule has 1 saturated heterocycles. The molecule has 2 aromatic rings. The highest BCUT2D eigenvalue weighted by molar-refractivity contribution is 5.87. The van der Waals surface area contributed by atoms with E-state index in [1.807, 2.05) is 47.4 Å². The normalized spacial score (nSPS) is 17.2. The van der Waals surface area contributed by atoms with Gasteiger partial charge in [-0.25, -0.2) is 0 Å². The minimum atomic E-state index is 0.0486. The average molecular weight is 436 g/mol. The first-order valence-corrected chi connectivity index (χ1v) is 11.8. The second kappa shape index (κ2) is 10.1. The van der Waals surface area contributed by atoms with E-state index in [1.165, 1.54) is 0 Å². The summed E-state index contributed by atoms with van der Waals surface area (Å²) in [6.07, 6.45) is 2.94. The van der Waals surface area contributed by atoms with Gasteiger partial charge in [-0.05, 0) is 30.9 Å². The molecular formula is C25H33N5O2. The van der Waals surface area contributed by atoms with Crippen LogP contribution in [-0.4, -0.2) is 71.1 Å². The lowest BCUT2D eigenvalue weighted by atomic mass is 10.1. The first-order valence-electron chi connectivity index (χ1n) is 11.8. The summed E-state index contributed by atoms with van der Waals surface area (Å²) in [4.78, 5) is 31.5. The Balaban J connectivity index is 1.31. The SMILES string of the molecule is CCC(C)CN(CC(=O)N1CCN(c2ccc(-c3ccccc3)nn2)CC1)C(=O)C1CC1. The molecule has 2 heterocycles. The number of nitrogens with zero attached hydrogens (tertiary/aromatic N) is 5. The van der Waals surface area contributed by atoms with Crippen LogP contribution in [0.5, 0.6) is 0 Å². The van der Waals surface area contributed by atoms with Crippen LogP contribution in [0.4, 0.5) is 5.82 Å². The van der Waals surface area contributed by atoms with Crippen LogP contribution in [0, 0.1) is 11.8 Å². The maximum Gasteiger partial charge on any atom is 0.242 e. The molecule has 7 heteroatoms. The molecule has 2 fully saturated rings. The van der Waals surface area contributed by atoms with Crippen molar-refractivity contribution in [1.82, 2.24) is 20.0 Å². The summed E-state index contributed by atoms with van der Waals surface area (Å²) in [5, 5.41) is 8.79. The Kier molecular flexibility index (Phi) is 7.02. The fourth-order valence-electron chi connectivity index (χ4n) is 4.03. The molecule has 0 bridgehead atoms. The molecule has 1 unspecified atom stereocenters. The van der Waals surface area contributed by atoms with E-state index in [1.54, 1.807) is 4.90 Å². The lowest BCUT2D eigenvalue weighted by Gasteiger charge is -2.36. The summed E-state index contributed by atoms with van der Waals surface area (Å²) in [5.74, 6) is 1.58. The van der Waals surface area contributed by atoms with Crippen molar-refractivity contribution in [3.8, 4) is 11.3 Å². The number of aromatic nitrogens is 2. The minimum absolute atomic E-state index is 0.0486. The number of anilines is 1. The summed E-state index contributed by atoms with van der Waals surface area (Å²) < 4.78 is 0. The Morgan fingerprint density at radius 2 is 1.75 bits per heavy atom. The number of piperazine rings is 1. The largest absolute Gasteiger partial charge is 0.352 e. The predicted molar refractivity (Wildman–Crippen MR) is 125 cm³/mol. The van der Waals surface area contributed by atoms with Crippen LogP contribution < -0.4 is 4.90 Å². The molecule has 1 saturated carbocycles. The van der Waals surface area contributed by atoms with Gasteiger partial charge in [0, 0.05) is 44.2 Å². The highest BCUT2D eigenvalue weighted by Crippen LogP contribution is 2.31. The number of hydrogen-bond acceptors (Lipinski definition) is 5. The standard InChI is InChI=1S/C25H33N5O2/c1-3-19(2)17-30(25(32)21-9-10-21)18-24(31)29-15-13-28(14-16-29)23-12-11-22(26-27-23)20-7-5-4-6-8-20/h4-8,11-12,19,21H,3,9-10,13-18H2,1-2H3. The second-order valence-corrected chi connectivity index (χ2v) is 9.02. The third-order valence-electron chi connectivity index (χ3n) is 6.47. The van der Waals surface area contributed by atoms with E-state index in [0.717, 1.165) is 36.3 Å². The number of carbonyl (C=O) groups is 2. The summed E-state index contributed by atoms with van der Waals surface area (Å²) in [5.41, 5.74) is 1.90. The number of hydrogen-bond donors (Lipinski definition) is 0. The van der Waals surface area contributed by atoms with Crippen LogP contribution in [0.1, 0.15) is 33.1 Å². The van der Waals surface area contributed by atoms with Crippen LogP contribution >= 0.6 is 0 Å². The molecule has 0 N–H and O–H groups in total. The fourth-order valence-corrected chi connectivity index (χ4v) is 4.03. The van der Waals surface area contributed by atoms with Gasteiger partial charge in [-0.2, -0.15) is 0 Å². The summed E-state index contributed by atoms with van der Waals surface area (Å²) in [7, 11) is 0. The lowest BCUT2D eigenvalue weighted by Crippen LogP contribution is -2.52. The molecule has 1 atom stereocenters. The molecule has 32 heavy (non-hydrogen) atoms. The second-order valence-electron chi connectivity index (χ2n) is 9.02. The van der Waals surface area contributed by atoms with Crippen molar-refractivity contribution in [3.05, 3.63) is 42.5 Å². The molecule has 1 aliphatic heterocycles. The summed E-state index contributed by atoms with van der Waals surface area (Å²) in [6.45, 7) is 7.83. The molecule has 1 aromatic carbocycles. The third kappa shape index (κ3) is 5.44. The van der Waals surface area contributed by atoms with Crippen molar-refractivity contribution in [2.75, 3.05) is 44.2 Å². The molecule has 170 valence electrons. The first-order chi connectivity index (χ1) is 15.5. The zero-order valence-electron chi connectivity index (χ0n) is 19.1. The van der Waals surface area contributed by atoms with E-state index in [2.05, 4.69) is 28.9 Å². The van der Waals surface area contributed by atoms with Gasteiger partial charge in [-0.1, -0.05) is 50.6 Å². The van der Waals surface area contributed by atoms with Crippen LogP contribution in [-0.2, 0) is 9.59 Å². The van der Waals surface area contributed by atoms with Gasteiger partial charge in [0.2, 0.25) is 11.8 Å². The maximum atomic E-state index is 13.0. The van der Waals surface area contributed by atoms with E-state index in [9.17, 15) is 9.59 Å². The Morgan fingerprint density at radius 1 is 1.03 bits per heavy atom.